The highest BCUT2D eigenvalue weighted by atomic mass is 79.9. The molecule has 0 aliphatic rings. The van der Waals surface area contributed by atoms with Crippen LogP contribution in [-0.2, 0) is 0 Å². The zero-order valence-corrected chi connectivity index (χ0v) is 12.5. The number of anilines is 1. The summed E-state index contributed by atoms with van der Waals surface area (Å²) in [5.41, 5.74) is 0.584. The molecule has 2 N–H and O–H groups in total. The van der Waals surface area contributed by atoms with Gasteiger partial charge in [-0.25, -0.2) is 0 Å². The summed E-state index contributed by atoms with van der Waals surface area (Å²) >= 11 is 3.23. The standard InChI is InChI=1S/C13H19BrN2O3/c1-2-3-10(6-7-17)9-15-12-5-4-11(14)8-13(12)16(18)19/h4-5,8,10,15,17H,2-3,6-7,9H2,1H3. The lowest BCUT2D eigenvalue weighted by molar-refractivity contribution is -0.384. The maximum atomic E-state index is 11.0. The first-order valence-corrected chi connectivity index (χ1v) is 7.16. The summed E-state index contributed by atoms with van der Waals surface area (Å²) in [4.78, 5) is 10.6. The molecule has 1 atom stereocenters. The van der Waals surface area contributed by atoms with Gasteiger partial charge in [0.25, 0.3) is 5.69 Å². The summed E-state index contributed by atoms with van der Waals surface area (Å²) < 4.78 is 0.685. The summed E-state index contributed by atoms with van der Waals surface area (Å²) in [6, 6.07) is 4.96. The Balaban J connectivity index is 2.73. The van der Waals surface area contributed by atoms with E-state index in [1.54, 1.807) is 12.1 Å². The average molecular weight is 331 g/mol. The van der Waals surface area contributed by atoms with Crippen LogP contribution in [0.4, 0.5) is 11.4 Å². The Labute approximate surface area is 121 Å². The quantitative estimate of drug-likeness (QED) is 0.564. The molecule has 5 nitrogen and oxygen atoms in total. The van der Waals surface area contributed by atoms with E-state index in [1.807, 2.05) is 0 Å². The van der Waals surface area contributed by atoms with Gasteiger partial charge in [0.15, 0.2) is 0 Å². The molecule has 1 rings (SSSR count). The highest BCUT2D eigenvalue weighted by molar-refractivity contribution is 9.10. The number of hydrogen-bond donors (Lipinski definition) is 2. The number of aliphatic hydroxyl groups excluding tert-OH is 1. The Morgan fingerprint density at radius 3 is 2.79 bits per heavy atom. The summed E-state index contributed by atoms with van der Waals surface area (Å²) in [5.74, 6) is 0.332. The minimum absolute atomic E-state index is 0.0635. The largest absolute Gasteiger partial charge is 0.396 e. The molecule has 0 radical (unpaired) electrons. The van der Waals surface area contributed by atoms with Crippen LogP contribution in [0.15, 0.2) is 22.7 Å². The third kappa shape index (κ3) is 5.16. The van der Waals surface area contributed by atoms with E-state index in [2.05, 4.69) is 28.2 Å². The van der Waals surface area contributed by atoms with Gasteiger partial charge >= 0.3 is 0 Å². The van der Waals surface area contributed by atoms with E-state index in [1.165, 1.54) is 6.07 Å². The van der Waals surface area contributed by atoms with Gasteiger partial charge in [0.1, 0.15) is 5.69 Å². The van der Waals surface area contributed by atoms with Crippen molar-refractivity contribution in [3.05, 3.63) is 32.8 Å². The van der Waals surface area contributed by atoms with E-state index in [-0.39, 0.29) is 12.3 Å². The smallest absolute Gasteiger partial charge is 0.293 e. The topological polar surface area (TPSA) is 75.4 Å². The Morgan fingerprint density at radius 2 is 2.21 bits per heavy atom. The number of rotatable bonds is 8. The van der Waals surface area contributed by atoms with Crippen molar-refractivity contribution in [2.45, 2.75) is 26.2 Å². The molecule has 0 aliphatic carbocycles. The summed E-state index contributed by atoms with van der Waals surface area (Å²) in [6.07, 6.45) is 2.75. The monoisotopic (exact) mass is 330 g/mol. The van der Waals surface area contributed by atoms with E-state index >= 15 is 0 Å². The van der Waals surface area contributed by atoms with Crippen LogP contribution in [0.3, 0.4) is 0 Å². The van der Waals surface area contributed by atoms with Gasteiger partial charge < -0.3 is 10.4 Å². The number of aliphatic hydroxyl groups is 1. The van der Waals surface area contributed by atoms with Crippen molar-refractivity contribution in [1.29, 1.82) is 0 Å². The minimum Gasteiger partial charge on any atom is -0.396 e. The van der Waals surface area contributed by atoms with Crippen LogP contribution in [0.5, 0.6) is 0 Å². The number of nitrogens with one attached hydrogen (secondary N) is 1. The number of nitro groups is 1. The molecule has 0 spiro atoms. The number of hydrogen-bond acceptors (Lipinski definition) is 4. The number of halogens is 1. The Bertz CT molecular complexity index is 420. The van der Waals surface area contributed by atoms with E-state index < -0.39 is 4.92 Å². The SMILES string of the molecule is CCCC(CCO)CNc1ccc(Br)cc1[N+](=O)[O-]. The summed E-state index contributed by atoms with van der Waals surface area (Å²) in [5, 5.41) is 23.1. The molecular weight excluding hydrogens is 312 g/mol. The van der Waals surface area contributed by atoms with Crippen molar-refractivity contribution in [2.24, 2.45) is 5.92 Å². The van der Waals surface area contributed by atoms with E-state index in [9.17, 15) is 10.1 Å². The highest BCUT2D eigenvalue weighted by Crippen LogP contribution is 2.28. The second-order valence-corrected chi connectivity index (χ2v) is 5.38. The molecule has 0 saturated carbocycles. The van der Waals surface area contributed by atoms with Gasteiger partial charge in [-0.1, -0.05) is 29.3 Å². The second kappa shape index (κ2) is 8.12. The fraction of sp³-hybridized carbons (Fsp3) is 0.538. The lowest BCUT2D eigenvalue weighted by Gasteiger charge is -2.16. The predicted octanol–water partition coefficient (Wildman–Crippen LogP) is 3.57. The Kier molecular flexibility index (Phi) is 6.80. The molecule has 1 aromatic rings. The molecule has 0 saturated heterocycles. The van der Waals surface area contributed by atoms with Crippen LogP contribution in [0.1, 0.15) is 26.2 Å². The molecule has 1 unspecified atom stereocenters. The molecule has 0 aliphatic heterocycles. The summed E-state index contributed by atoms with van der Waals surface area (Å²) in [7, 11) is 0. The Hall–Kier alpha value is -1.14. The third-order valence-corrected chi connectivity index (χ3v) is 3.47. The van der Waals surface area contributed by atoms with Crippen molar-refractivity contribution in [1.82, 2.24) is 0 Å². The van der Waals surface area contributed by atoms with Crippen LogP contribution in [0.25, 0.3) is 0 Å². The highest BCUT2D eigenvalue weighted by Gasteiger charge is 2.15. The summed E-state index contributed by atoms with van der Waals surface area (Å²) in [6.45, 7) is 2.87. The van der Waals surface area contributed by atoms with Crippen molar-refractivity contribution >= 4 is 27.3 Å². The van der Waals surface area contributed by atoms with Crippen molar-refractivity contribution in [3.8, 4) is 0 Å². The van der Waals surface area contributed by atoms with Crippen LogP contribution in [0, 0.1) is 16.0 Å². The molecule has 0 fully saturated rings. The molecule has 6 heteroatoms. The lowest BCUT2D eigenvalue weighted by atomic mass is 10.00. The van der Waals surface area contributed by atoms with Gasteiger partial charge in [-0.3, -0.25) is 10.1 Å². The van der Waals surface area contributed by atoms with E-state index in [4.69, 9.17) is 5.11 Å². The zero-order chi connectivity index (χ0) is 14.3. The first-order valence-electron chi connectivity index (χ1n) is 6.37. The van der Waals surface area contributed by atoms with Gasteiger partial charge in [-0.05, 0) is 30.9 Å². The van der Waals surface area contributed by atoms with E-state index in [0.717, 1.165) is 12.8 Å². The number of benzene rings is 1. The average Bonchev–Trinajstić information content (AvgIpc) is 2.37. The maximum Gasteiger partial charge on any atom is 0.293 e. The van der Waals surface area contributed by atoms with Crippen molar-refractivity contribution < 1.29 is 10.0 Å². The molecule has 19 heavy (non-hydrogen) atoms. The number of nitro benzene ring substituents is 1. The van der Waals surface area contributed by atoms with Gasteiger partial charge in [0.2, 0.25) is 0 Å². The molecular formula is C13H19BrN2O3. The van der Waals surface area contributed by atoms with Crippen LogP contribution in [-0.4, -0.2) is 23.2 Å². The lowest BCUT2D eigenvalue weighted by Crippen LogP contribution is -2.16. The van der Waals surface area contributed by atoms with Gasteiger partial charge in [0.05, 0.1) is 4.92 Å². The molecule has 0 bridgehead atoms. The molecule has 0 aromatic heterocycles. The maximum absolute atomic E-state index is 11.0. The van der Waals surface area contributed by atoms with Crippen LogP contribution >= 0.6 is 15.9 Å². The molecule has 1 aromatic carbocycles. The van der Waals surface area contributed by atoms with Crippen molar-refractivity contribution in [3.63, 3.8) is 0 Å². The van der Waals surface area contributed by atoms with E-state index in [0.29, 0.717) is 29.0 Å². The van der Waals surface area contributed by atoms with Gasteiger partial charge in [-0.15, -0.1) is 0 Å². The first kappa shape index (κ1) is 15.9. The predicted molar refractivity (Wildman–Crippen MR) is 79.4 cm³/mol. The molecule has 106 valence electrons. The van der Waals surface area contributed by atoms with Gasteiger partial charge in [-0.2, -0.15) is 0 Å². The third-order valence-electron chi connectivity index (χ3n) is 2.97. The minimum atomic E-state index is -0.395. The fourth-order valence-electron chi connectivity index (χ4n) is 2.00. The molecule has 0 amide bonds. The second-order valence-electron chi connectivity index (χ2n) is 4.47. The van der Waals surface area contributed by atoms with Crippen molar-refractivity contribution in [2.75, 3.05) is 18.5 Å². The zero-order valence-electron chi connectivity index (χ0n) is 10.9. The van der Waals surface area contributed by atoms with Gasteiger partial charge in [0, 0.05) is 23.7 Å². The fourth-order valence-corrected chi connectivity index (χ4v) is 2.35. The number of nitrogens with zero attached hydrogens (tertiary/aromatic N) is 1. The first-order chi connectivity index (χ1) is 9.08. The van der Waals surface area contributed by atoms with Crippen LogP contribution < -0.4 is 5.32 Å². The molecule has 0 heterocycles. The Morgan fingerprint density at radius 1 is 1.47 bits per heavy atom. The van der Waals surface area contributed by atoms with Crippen LogP contribution in [0.2, 0.25) is 0 Å². The normalized spacial score (nSPS) is 12.2.